The molecular formula is C10H15ClN2O2S. The molecule has 16 heavy (non-hydrogen) atoms. The first kappa shape index (κ1) is 13.4. The predicted molar refractivity (Wildman–Crippen MR) is 66.0 cm³/mol. The minimum absolute atomic E-state index is 0.434. The van der Waals surface area contributed by atoms with Gasteiger partial charge in [0.1, 0.15) is 0 Å². The smallest absolute Gasteiger partial charge is 0.316 e. The van der Waals surface area contributed by atoms with E-state index >= 15 is 0 Å². The number of carboxylic acids is 1. The number of aliphatic carboxylic acids is 1. The summed E-state index contributed by atoms with van der Waals surface area (Å²) in [7, 11) is 0. The molecule has 0 fully saturated rings. The fourth-order valence-corrected chi connectivity index (χ4v) is 2.41. The van der Waals surface area contributed by atoms with Gasteiger partial charge < -0.3 is 5.11 Å². The average molecular weight is 263 g/mol. The van der Waals surface area contributed by atoms with Crippen molar-refractivity contribution in [2.75, 3.05) is 0 Å². The fraction of sp³-hybridized carbons (Fsp3) is 0.600. The second-order valence-electron chi connectivity index (χ2n) is 3.45. The molecule has 1 aromatic rings. The van der Waals surface area contributed by atoms with E-state index in [0.29, 0.717) is 10.8 Å². The molecule has 0 saturated heterocycles. The van der Waals surface area contributed by atoms with Gasteiger partial charge in [-0.2, -0.15) is 5.10 Å². The average Bonchev–Trinajstić information content (AvgIpc) is 2.51. The molecule has 0 aliphatic heterocycles. The molecule has 0 saturated carbocycles. The summed E-state index contributed by atoms with van der Waals surface area (Å²) in [5.41, 5.74) is 1.70. The van der Waals surface area contributed by atoms with Crippen LogP contribution in [0.3, 0.4) is 0 Å². The first-order valence-corrected chi connectivity index (χ1v) is 6.46. The molecule has 0 aliphatic rings. The summed E-state index contributed by atoms with van der Waals surface area (Å²) in [6.07, 6.45) is 0. The van der Waals surface area contributed by atoms with Gasteiger partial charge in [-0.05, 0) is 20.8 Å². The largest absolute Gasteiger partial charge is 0.480 e. The van der Waals surface area contributed by atoms with Crippen molar-refractivity contribution in [2.45, 2.75) is 38.3 Å². The van der Waals surface area contributed by atoms with Gasteiger partial charge in [0.05, 0.1) is 21.7 Å². The van der Waals surface area contributed by atoms with Crippen LogP contribution in [0, 0.1) is 6.92 Å². The van der Waals surface area contributed by atoms with E-state index in [-0.39, 0.29) is 0 Å². The van der Waals surface area contributed by atoms with Gasteiger partial charge in [0, 0.05) is 12.3 Å². The molecule has 0 amide bonds. The molecule has 1 atom stereocenters. The summed E-state index contributed by atoms with van der Waals surface area (Å²) in [4.78, 5) is 10.7. The van der Waals surface area contributed by atoms with E-state index < -0.39 is 11.2 Å². The predicted octanol–water partition coefficient (Wildman–Crippen LogP) is 2.57. The van der Waals surface area contributed by atoms with E-state index in [9.17, 15) is 4.79 Å². The van der Waals surface area contributed by atoms with Gasteiger partial charge in [-0.25, -0.2) is 0 Å². The van der Waals surface area contributed by atoms with E-state index in [1.54, 1.807) is 6.92 Å². The van der Waals surface area contributed by atoms with Crippen LogP contribution in [-0.4, -0.2) is 26.1 Å². The van der Waals surface area contributed by atoms with Crippen LogP contribution in [0.5, 0.6) is 0 Å². The topological polar surface area (TPSA) is 55.1 Å². The highest BCUT2D eigenvalue weighted by atomic mass is 35.5. The Morgan fingerprint density at radius 3 is 2.81 bits per heavy atom. The minimum atomic E-state index is -0.805. The van der Waals surface area contributed by atoms with Gasteiger partial charge in [-0.15, -0.1) is 11.8 Å². The van der Waals surface area contributed by atoms with E-state index in [1.165, 1.54) is 11.8 Å². The van der Waals surface area contributed by atoms with Crippen LogP contribution in [-0.2, 0) is 17.1 Å². The van der Waals surface area contributed by atoms with Gasteiger partial charge in [0.15, 0.2) is 0 Å². The highest BCUT2D eigenvalue weighted by molar-refractivity contribution is 7.99. The van der Waals surface area contributed by atoms with Crippen molar-refractivity contribution in [3.8, 4) is 0 Å². The number of hydrogen-bond acceptors (Lipinski definition) is 3. The summed E-state index contributed by atoms with van der Waals surface area (Å²) in [6.45, 7) is 6.24. The summed E-state index contributed by atoms with van der Waals surface area (Å²) in [5, 5.41) is 13.3. The zero-order valence-corrected chi connectivity index (χ0v) is 11.1. The number of hydrogen-bond donors (Lipinski definition) is 1. The van der Waals surface area contributed by atoms with Crippen molar-refractivity contribution >= 4 is 29.3 Å². The monoisotopic (exact) mass is 262 g/mol. The first-order chi connectivity index (χ1) is 7.47. The van der Waals surface area contributed by atoms with Crippen LogP contribution in [0.4, 0.5) is 0 Å². The second-order valence-corrected chi connectivity index (χ2v) is 5.16. The lowest BCUT2D eigenvalue weighted by atomic mass is 10.4. The highest BCUT2D eigenvalue weighted by Crippen LogP contribution is 2.26. The van der Waals surface area contributed by atoms with Crippen LogP contribution in [0.1, 0.15) is 25.2 Å². The first-order valence-electron chi connectivity index (χ1n) is 5.03. The normalized spacial score (nSPS) is 12.8. The quantitative estimate of drug-likeness (QED) is 0.886. The third-order valence-electron chi connectivity index (χ3n) is 2.27. The third-order valence-corrected chi connectivity index (χ3v) is 3.90. The number of halogens is 1. The maximum Gasteiger partial charge on any atom is 0.316 e. The van der Waals surface area contributed by atoms with Gasteiger partial charge >= 0.3 is 5.97 Å². The molecule has 1 unspecified atom stereocenters. The Balaban J connectivity index is 2.76. The standard InChI is InChI=1S/C10H15ClN2O2S/c1-4-13-8(9(11)6(2)12-13)5-16-7(3)10(14)15/h7H,4-5H2,1-3H3,(H,14,15). The molecule has 0 radical (unpaired) electrons. The molecular weight excluding hydrogens is 248 g/mol. The van der Waals surface area contributed by atoms with Crippen molar-refractivity contribution < 1.29 is 9.90 Å². The molecule has 0 spiro atoms. The Hall–Kier alpha value is -0.680. The van der Waals surface area contributed by atoms with Gasteiger partial charge in [-0.1, -0.05) is 11.6 Å². The van der Waals surface area contributed by atoms with Gasteiger partial charge in [-0.3, -0.25) is 9.48 Å². The Kier molecular flexibility index (Phi) is 4.68. The summed E-state index contributed by atoms with van der Waals surface area (Å²) in [6, 6.07) is 0. The Labute approximate surface area is 104 Å². The summed E-state index contributed by atoms with van der Waals surface area (Å²) >= 11 is 7.46. The molecule has 1 heterocycles. The van der Waals surface area contributed by atoms with Crippen molar-refractivity contribution in [3.05, 3.63) is 16.4 Å². The fourth-order valence-electron chi connectivity index (χ4n) is 1.28. The molecule has 1 rings (SSSR count). The third kappa shape index (κ3) is 2.92. The lowest BCUT2D eigenvalue weighted by Crippen LogP contribution is -2.12. The molecule has 6 heteroatoms. The number of rotatable bonds is 5. The van der Waals surface area contributed by atoms with Crippen LogP contribution in [0.25, 0.3) is 0 Å². The molecule has 0 aromatic carbocycles. The number of carboxylic acid groups (broad SMARTS) is 1. The van der Waals surface area contributed by atoms with Crippen LogP contribution >= 0.6 is 23.4 Å². The molecule has 1 N–H and O–H groups in total. The van der Waals surface area contributed by atoms with E-state index in [4.69, 9.17) is 16.7 Å². The van der Waals surface area contributed by atoms with Crippen molar-refractivity contribution in [1.29, 1.82) is 0 Å². The number of thioether (sulfide) groups is 1. The molecule has 0 aliphatic carbocycles. The van der Waals surface area contributed by atoms with Crippen molar-refractivity contribution in [3.63, 3.8) is 0 Å². The van der Waals surface area contributed by atoms with Crippen LogP contribution < -0.4 is 0 Å². The van der Waals surface area contributed by atoms with Crippen molar-refractivity contribution in [2.24, 2.45) is 0 Å². The lowest BCUT2D eigenvalue weighted by Gasteiger charge is -2.07. The molecule has 1 aromatic heterocycles. The van der Waals surface area contributed by atoms with Gasteiger partial charge in [0.25, 0.3) is 0 Å². The van der Waals surface area contributed by atoms with E-state index in [2.05, 4.69) is 5.10 Å². The zero-order valence-electron chi connectivity index (χ0n) is 9.53. The van der Waals surface area contributed by atoms with E-state index in [0.717, 1.165) is 17.9 Å². The van der Waals surface area contributed by atoms with Gasteiger partial charge in [0.2, 0.25) is 0 Å². The number of aryl methyl sites for hydroxylation is 2. The van der Waals surface area contributed by atoms with E-state index in [1.807, 2.05) is 18.5 Å². The number of carbonyl (C=O) groups is 1. The highest BCUT2D eigenvalue weighted by Gasteiger charge is 2.16. The molecule has 4 nitrogen and oxygen atoms in total. The SMILES string of the molecule is CCn1nc(C)c(Cl)c1CSC(C)C(=O)O. The summed E-state index contributed by atoms with van der Waals surface area (Å²) < 4.78 is 1.82. The van der Waals surface area contributed by atoms with Crippen LogP contribution in [0.15, 0.2) is 0 Å². The second kappa shape index (κ2) is 5.59. The molecule has 90 valence electrons. The number of aromatic nitrogens is 2. The van der Waals surface area contributed by atoms with Crippen LogP contribution in [0.2, 0.25) is 5.02 Å². The minimum Gasteiger partial charge on any atom is -0.480 e. The maximum absolute atomic E-state index is 10.7. The Morgan fingerprint density at radius 1 is 1.69 bits per heavy atom. The summed E-state index contributed by atoms with van der Waals surface area (Å²) in [5.74, 6) is -0.235. The maximum atomic E-state index is 10.7. The number of nitrogens with zero attached hydrogens (tertiary/aromatic N) is 2. The Bertz CT molecular complexity index is 392. The molecule has 0 bridgehead atoms. The Morgan fingerprint density at radius 2 is 2.31 bits per heavy atom. The zero-order chi connectivity index (χ0) is 12.3. The lowest BCUT2D eigenvalue weighted by molar-refractivity contribution is -0.136. The van der Waals surface area contributed by atoms with Crippen molar-refractivity contribution in [1.82, 2.24) is 9.78 Å².